The second kappa shape index (κ2) is 7.48. The summed E-state index contributed by atoms with van der Waals surface area (Å²) >= 11 is 0. The van der Waals surface area contributed by atoms with Crippen LogP contribution in [0.2, 0.25) is 0 Å². The lowest BCUT2D eigenvalue weighted by molar-refractivity contribution is 0.102. The number of pyridine rings is 2. The van der Waals surface area contributed by atoms with Gasteiger partial charge in [-0.2, -0.15) is 0 Å². The summed E-state index contributed by atoms with van der Waals surface area (Å²) in [5, 5.41) is 5.72. The summed E-state index contributed by atoms with van der Waals surface area (Å²) in [7, 11) is 0. The molecule has 0 atom stereocenters. The number of carbonyl (C=O) groups excluding carboxylic acids is 1. The average molecular weight is 340 g/mol. The number of hydrogen-bond donors (Lipinski definition) is 2. The monoisotopic (exact) mass is 340 g/mol. The maximum atomic E-state index is 13.2. The summed E-state index contributed by atoms with van der Waals surface area (Å²) in [6, 6.07) is 10.1. The Morgan fingerprint density at radius 2 is 1.80 bits per heavy atom. The topological polar surface area (TPSA) is 66.9 Å². The van der Waals surface area contributed by atoms with E-state index in [9.17, 15) is 13.6 Å². The third-order valence-electron chi connectivity index (χ3n) is 3.43. The lowest BCUT2D eigenvalue weighted by Crippen LogP contribution is -2.13. The molecular weight excluding hydrogens is 326 g/mol. The second-order valence-electron chi connectivity index (χ2n) is 5.22. The summed E-state index contributed by atoms with van der Waals surface area (Å²) < 4.78 is 26.1. The Kier molecular flexibility index (Phi) is 4.94. The van der Waals surface area contributed by atoms with E-state index in [0.29, 0.717) is 12.4 Å². The number of anilines is 2. The van der Waals surface area contributed by atoms with Gasteiger partial charge in [-0.15, -0.1) is 0 Å². The molecule has 0 saturated carbocycles. The summed E-state index contributed by atoms with van der Waals surface area (Å²) in [6.45, 7) is 0.616. The number of amides is 1. The zero-order valence-electron chi connectivity index (χ0n) is 13.0. The van der Waals surface area contributed by atoms with E-state index in [4.69, 9.17) is 0 Å². The summed E-state index contributed by atoms with van der Waals surface area (Å²) in [6.07, 6.45) is 5.00. The van der Waals surface area contributed by atoms with Crippen LogP contribution in [0.25, 0.3) is 0 Å². The first-order chi connectivity index (χ1) is 12.1. The molecule has 3 rings (SSSR count). The van der Waals surface area contributed by atoms with Crippen LogP contribution in [0.5, 0.6) is 0 Å². The maximum Gasteiger partial charge on any atom is 0.256 e. The lowest BCUT2D eigenvalue weighted by Gasteiger charge is -2.08. The number of hydrogen-bond acceptors (Lipinski definition) is 4. The number of nitrogens with zero attached hydrogens (tertiary/aromatic N) is 2. The third-order valence-corrected chi connectivity index (χ3v) is 3.43. The molecular formula is C18H14F2N4O. The van der Waals surface area contributed by atoms with Gasteiger partial charge in [-0.3, -0.25) is 9.78 Å². The molecule has 0 bridgehead atoms. The third kappa shape index (κ3) is 4.35. The van der Waals surface area contributed by atoms with Gasteiger partial charge in [0.15, 0.2) is 11.6 Å². The maximum absolute atomic E-state index is 13.2. The minimum atomic E-state index is -1.07. The van der Waals surface area contributed by atoms with Crippen molar-refractivity contribution in [3.8, 4) is 0 Å². The van der Waals surface area contributed by atoms with E-state index < -0.39 is 17.5 Å². The van der Waals surface area contributed by atoms with Crippen molar-refractivity contribution in [2.45, 2.75) is 6.54 Å². The Morgan fingerprint density at radius 3 is 2.48 bits per heavy atom. The van der Waals surface area contributed by atoms with Crippen molar-refractivity contribution in [3.63, 3.8) is 0 Å². The molecule has 0 aliphatic carbocycles. The van der Waals surface area contributed by atoms with Crippen LogP contribution < -0.4 is 10.6 Å². The molecule has 0 unspecified atom stereocenters. The summed E-state index contributed by atoms with van der Waals surface area (Å²) in [4.78, 5) is 20.1. The van der Waals surface area contributed by atoms with Gasteiger partial charge in [0.1, 0.15) is 5.82 Å². The molecule has 0 spiro atoms. The smallest absolute Gasteiger partial charge is 0.256 e. The van der Waals surface area contributed by atoms with Gasteiger partial charge in [0.05, 0.1) is 11.9 Å². The molecule has 126 valence electrons. The van der Waals surface area contributed by atoms with Gasteiger partial charge in [-0.1, -0.05) is 0 Å². The lowest BCUT2D eigenvalue weighted by atomic mass is 10.2. The number of benzene rings is 1. The molecule has 5 nitrogen and oxygen atoms in total. The fourth-order valence-corrected chi connectivity index (χ4v) is 2.10. The highest BCUT2D eigenvalue weighted by atomic mass is 19.2. The number of aromatic nitrogens is 2. The molecule has 0 aliphatic rings. The van der Waals surface area contributed by atoms with Gasteiger partial charge in [0.25, 0.3) is 5.91 Å². The van der Waals surface area contributed by atoms with Gasteiger partial charge in [0, 0.05) is 24.5 Å². The second-order valence-corrected chi connectivity index (χ2v) is 5.22. The first kappa shape index (κ1) is 16.5. The van der Waals surface area contributed by atoms with Crippen molar-refractivity contribution in [2.75, 3.05) is 10.6 Å². The van der Waals surface area contributed by atoms with Gasteiger partial charge < -0.3 is 10.6 Å². The van der Waals surface area contributed by atoms with E-state index in [2.05, 4.69) is 20.6 Å². The number of nitrogens with one attached hydrogen (secondary N) is 2. The van der Waals surface area contributed by atoms with Gasteiger partial charge in [-0.05, 0) is 48.0 Å². The highest BCUT2D eigenvalue weighted by Crippen LogP contribution is 2.14. The number of halogens is 2. The standard InChI is InChI=1S/C18H14F2N4O/c19-15-3-1-13(9-16(15)20)18(25)24-17-4-2-14(11-23-17)22-10-12-5-7-21-8-6-12/h1-9,11,22H,10H2,(H,23,24,25). The molecule has 2 N–H and O–H groups in total. The summed E-state index contributed by atoms with van der Waals surface area (Å²) in [5.41, 5.74) is 1.87. The molecule has 3 aromatic rings. The van der Waals surface area contributed by atoms with Crippen LogP contribution in [0.3, 0.4) is 0 Å². The minimum Gasteiger partial charge on any atom is -0.380 e. The van der Waals surface area contributed by atoms with Crippen LogP contribution in [0.15, 0.2) is 61.1 Å². The van der Waals surface area contributed by atoms with Gasteiger partial charge in [0.2, 0.25) is 0 Å². The van der Waals surface area contributed by atoms with Crippen LogP contribution in [-0.4, -0.2) is 15.9 Å². The Balaban J connectivity index is 1.60. The largest absolute Gasteiger partial charge is 0.380 e. The van der Waals surface area contributed by atoms with Crippen LogP contribution in [0, 0.1) is 11.6 Å². The van der Waals surface area contributed by atoms with E-state index in [1.165, 1.54) is 6.07 Å². The Morgan fingerprint density at radius 1 is 1.00 bits per heavy atom. The first-order valence-corrected chi connectivity index (χ1v) is 7.47. The van der Waals surface area contributed by atoms with Crippen LogP contribution >= 0.6 is 0 Å². The molecule has 0 saturated heterocycles. The molecule has 7 heteroatoms. The predicted molar refractivity (Wildman–Crippen MR) is 90.1 cm³/mol. The van der Waals surface area contributed by atoms with E-state index in [0.717, 1.165) is 23.4 Å². The van der Waals surface area contributed by atoms with Gasteiger partial charge >= 0.3 is 0 Å². The van der Waals surface area contributed by atoms with Crippen molar-refractivity contribution in [1.82, 2.24) is 9.97 Å². The fraction of sp³-hybridized carbons (Fsp3) is 0.0556. The van der Waals surface area contributed by atoms with Crippen molar-refractivity contribution < 1.29 is 13.6 Å². The van der Waals surface area contributed by atoms with Crippen molar-refractivity contribution in [2.24, 2.45) is 0 Å². The predicted octanol–water partition coefficient (Wildman–Crippen LogP) is 3.62. The molecule has 1 aromatic carbocycles. The quantitative estimate of drug-likeness (QED) is 0.744. The molecule has 2 aromatic heterocycles. The Bertz CT molecular complexity index is 870. The molecule has 0 fully saturated rings. The van der Waals surface area contributed by atoms with E-state index in [1.807, 2.05) is 12.1 Å². The molecule has 2 heterocycles. The normalized spacial score (nSPS) is 10.3. The Labute approximate surface area is 142 Å². The number of rotatable bonds is 5. The van der Waals surface area contributed by atoms with E-state index in [-0.39, 0.29) is 5.56 Å². The molecule has 1 amide bonds. The van der Waals surface area contributed by atoms with Crippen LogP contribution in [0.4, 0.5) is 20.3 Å². The van der Waals surface area contributed by atoms with E-state index in [1.54, 1.807) is 30.7 Å². The zero-order valence-corrected chi connectivity index (χ0v) is 13.0. The fourth-order valence-electron chi connectivity index (χ4n) is 2.10. The Hall–Kier alpha value is -3.35. The molecule has 0 aliphatic heterocycles. The molecule has 25 heavy (non-hydrogen) atoms. The summed E-state index contributed by atoms with van der Waals surface area (Å²) in [5.74, 6) is -2.33. The minimum absolute atomic E-state index is 0.0144. The zero-order chi connectivity index (χ0) is 17.6. The highest BCUT2D eigenvalue weighted by Gasteiger charge is 2.10. The highest BCUT2D eigenvalue weighted by molar-refractivity contribution is 6.03. The first-order valence-electron chi connectivity index (χ1n) is 7.47. The van der Waals surface area contributed by atoms with Crippen LogP contribution in [-0.2, 0) is 6.54 Å². The number of carbonyl (C=O) groups is 1. The van der Waals surface area contributed by atoms with Crippen molar-refractivity contribution in [3.05, 3.63) is 83.8 Å². The molecule has 0 radical (unpaired) electrons. The van der Waals surface area contributed by atoms with Crippen molar-refractivity contribution >= 4 is 17.4 Å². The van der Waals surface area contributed by atoms with Crippen molar-refractivity contribution in [1.29, 1.82) is 0 Å². The SMILES string of the molecule is O=C(Nc1ccc(NCc2ccncc2)cn1)c1ccc(F)c(F)c1. The van der Waals surface area contributed by atoms with Crippen LogP contribution in [0.1, 0.15) is 15.9 Å². The van der Waals surface area contributed by atoms with E-state index >= 15 is 0 Å². The average Bonchev–Trinajstić information content (AvgIpc) is 2.64. The van der Waals surface area contributed by atoms with Gasteiger partial charge in [-0.25, -0.2) is 13.8 Å².